The van der Waals surface area contributed by atoms with Gasteiger partial charge < -0.3 is 8.83 Å². The van der Waals surface area contributed by atoms with Crippen molar-refractivity contribution in [2.45, 2.75) is 0 Å². The molecule has 0 bridgehead atoms. The van der Waals surface area contributed by atoms with Gasteiger partial charge in [0, 0.05) is 33.0 Å². The summed E-state index contributed by atoms with van der Waals surface area (Å²) in [5, 5.41) is 13.2. The Morgan fingerprint density at radius 2 is 0.778 bits per heavy atom. The minimum Gasteiger partial charge on any atom is -0.454 e. The summed E-state index contributed by atoms with van der Waals surface area (Å²) in [4.78, 5) is 21.2. The minimum atomic E-state index is 0.570. The number of hydrogen-bond acceptors (Lipinski definition) is 6. The normalized spacial score (nSPS) is 11.9. The Hall–Kier alpha value is -9.78. The van der Waals surface area contributed by atoms with Crippen LogP contribution in [0, 0.1) is 0 Å². The summed E-state index contributed by atoms with van der Waals surface area (Å²) in [6.07, 6.45) is 0. The molecular formula is C66H38N4O2. The number of fused-ring (bicyclic) bond motifs is 10. The van der Waals surface area contributed by atoms with Gasteiger partial charge in [0.15, 0.2) is 34.2 Å². The molecule has 0 aliphatic heterocycles. The van der Waals surface area contributed by atoms with E-state index in [1.54, 1.807) is 0 Å². The van der Waals surface area contributed by atoms with Crippen LogP contribution in [0.3, 0.4) is 0 Å². The van der Waals surface area contributed by atoms with Crippen molar-refractivity contribution in [2.24, 2.45) is 0 Å². The lowest BCUT2D eigenvalue weighted by atomic mass is 9.90. The Morgan fingerprint density at radius 1 is 0.278 bits per heavy atom. The van der Waals surface area contributed by atoms with E-state index in [-0.39, 0.29) is 0 Å². The molecule has 6 heteroatoms. The van der Waals surface area contributed by atoms with Crippen molar-refractivity contribution in [2.75, 3.05) is 0 Å². The van der Waals surface area contributed by atoms with Crippen LogP contribution in [-0.2, 0) is 0 Å². The Bertz CT molecular complexity index is 4440. The first kappa shape index (κ1) is 40.1. The zero-order valence-electron chi connectivity index (χ0n) is 38.5. The fourth-order valence-corrected chi connectivity index (χ4v) is 11.0. The third-order valence-electron chi connectivity index (χ3n) is 14.3. The highest BCUT2D eigenvalue weighted by molar-refractivity contribution is 6.20. The van der Waals surface area contributed by atoms with Gasteiger partial charge in [-0.25, -0.2) is 19.9 Å². The van der Waals surface area contributed by atoms with E-state index in [2.05, 4.69) is 188 Å². The first-order chi connectivity index (χ1) is 35.7. The third kappa shape index (κ3) is 6.29. The van der Waals surface area contributed by atoms with E-state index in [0.717, 1.165) is 120 Å². The second-order valence-corrected chi connectivity index (χ2v) is 18.4. The summed E-state index contributed by atoms with van der Waals surface area (Å²) in [5.74, 6) is 2.44. The van der Waals surface area contributed by atoms with Crippen LogP contribution in [0.4, 0.5) is 0 Å². The van der Waals surface area contributed by atoms with E-state index in [4.69, 9.17) is 28.8 Å². The van der Waals surface area contributed by atoms with Crippen LogP contribution in [0.15, 0.2) is 239 Å². The molecule has 0 saturated carbocycles. The summed E-state index contributed by atoms with van der Waals surface area (Å²) < 4.78 is 12.9. The van der Waals surface area contributed by atoms with Crippen LogP contribution >= 0.6 is 0 Å². The Morgan fingerprint density at radius 3 is 1.38 bits per heavy atom. The Labute approximate surface area is 412 Å². The summed E-state index contributed by atoms with van der Waals surface area (Å²) in [7, 11) is 0. The summed E-state index contributed by atoms with van der Waals surface area (Å²) in [6.45, 7) is 0. The molecular weight excluding hydrogens is 881 g/mol. The first-order valence-corrected chi connectivity index (χ1v) is 24.2. The van der Waals surface area contributed by atoms with Crippen molar-refractivity contribution in [3.8, 4) is 67.9 Å². The molecule has 334 valence electrons. The van der Waals surface area contributed by atoms with Gasteiger partial charge in [0.25, 0.3) is 0 Å². The molecule has 72 heavy (non-hydrogen) atoms. The quantitative estimate of drug-likeness (QED) is 0.155. The lowest BCUT2D eigenvalue weighted by Crippen LogP contribution is -2.02. The van der Waals surface area contributed by atoms with E-state index in [9.17, 15) is 0 Å². The zero-order chi connectivity index (χ0) is 47.3. The SMILES string of the molecule is c1ccc(-c2nc3c(ccc4c3oc3cccc(-c5ccc(-c6ccc(-c7nc(-c8c9ccccc9cc9ccccc89)nc(-c8c9ccccc9cc9ccccc89)n7)cc6)c6ccccc56)c34)o2)cc1. The summed E-state index contributed by atoms with van der Waals surface area (Å²) in [6, 6.07) is 80.8. The van der Waals surface area contributed by atoms with Gasteiger partial charge in [-0.3, -0.25) is 0 Å². The van der Waals surface area contributed by atoms with Crippen molar-refractivity contribution in [1.82, 2.24) is 19.9 Å². The van der Waals surface area contributed by atoms with Crippen LogP contribution in [0.5, 0.6) is 0 Å². The molecule has 0 aliphatic rings. The van der Waals surface area contributed by atoms with E-state index >= 15 is 0 Å². The maximum Gasteiger partial charge on any atom is 0.227 e. The Balaban J connectivity index is 0.880. The van der Waals surface area contributed by atoms with Gasteiger partial charge in [-0.1, -0.05) is 188 Å². The van der Waals surface area contributed by atoms with Crippen molar-refractivity contribution < 1.29 is 8.83 Å². The van der Waals surface area contributed by atoms with Crippen LogP contribution in [0.2, 0.25) is 0 Å². The average molecular weight is 919 g/mol. The number of hydrogen-bond donors (Lipinski definition) is 0. The first-order valence-electron chi connectivity index (χ1n) is 24.2. The molecule has 0 unspecified atom stereocenters. The topological polar surface area (TPSA) is 77.8 Å². The molecule has 6 nitrogen and oxygen atoms in total. The maximum atomic E-state index is 6.63. The number of oxazole rings is 1. The van der Waals surface area contributed by atoms with Crippen LogP contribution in [0.1, 0.15) is 0 Å². The minimum absolute atomic E-state index is 0.570. The van der Waals surface area contributed by atoms with Gasteiger partial charge in [0.05, 0.1) is 0 Å². The van der Waals surface area contributed by atoms with Gasteiger partial charge in [-0.2, -0.15) is 0 Å². The number of rotatable bonds is 6. The molecule has 0 N–H and O–H groups in total. The average Bonchev–Trinajstić information content (AvgIpc) is 4.06. The van der Waals surface area contributed by atoms with E-state index in [1.165, 1.54) is 0 Å². The standard InChI is InChI=1S/C66H38N4O2/c1-2-15-41(16-3-1)66-67-61-57(72-66)36-35-55-58-54(27-14-28-56(58)71-62(55)61)53-34-33-46(51-25-12-13-26-52(51)53)39-29-31-40(32-30-39)63-68-64(59-47-21-8-4-17-42(47)37-43-18-5-9-22-48(43)59)70-65(69-63)60-49-23-10-6-19-44(49)38-45-20-7-11-24-50(45)60/h1-38H. The smallest absolute Gasteiger partial charge is 0.227 e. The highest BCUT2D eigenvalue weighted by atomic mass is 16.4. The Kier molecular flexibility index (Phi) is 8.86. The second-order valence-electron chi connectivity index (χ2n) is 18.4. The molecule has 0 aliphatic carbocycles. The van der Waals surface area contributed by atoms with Gasteiger partial charge in [0.1, 0.15) is 5.58 Å². The highest BCUT2D eigenvalue weighted by Crippen LogP contribution is 2.45. The molecule has 0 atom stereocenters. The maximum absolute atomic E-state index is 6.63. The third-order valence-corrected chi connectivity index (χ3v) is 14.3. The highest BCUT2D eigenvalue weighted by Gasteiger charge is 2.22. The predicted octanol–water partition coefficient (Wildman–Crippen LogP) is 17.7. The lowest BCUT2D eigenvalue weighted by molar-refractivity contribution is 0.620. The molecule has 0 amide bonds. The van der Waals surface area contributed by atoms with Gasteiger partial charge in [-0.05, 0) is 119 Å². The summed E-state index contributed by atoms with van der Waals surface area (Å²) >= 11 is 0. The van der Waals surface area contributed by atoms with Crippen molar-refractivity contribution in [3.63, 3.8) is 0 Å². The number of aromatic nitrogens is 4. The fourth-order valence-electron chi connectivity index (χ4n) is 11.0. The van der Waals surface area contributed by atoms with Gasteiger partial charge in [0.2, 0.25) is 5.89 Å². The molecule has 12 aromatic carbocycles. The van der Waals surface area contributed by atoms with Crippen LogP contribution in [-0.4, -0.2) is 19.9 Å². The zero-order valence-corrected chi connectivity index (χ0v) is 38.5. The van der Waals surface area contributed by atoms with Crippen molar-refractivity contribution in [3.05, 3.63) is 231 Å². The molecule has 0 spiro atoms. The summed E-state index contributed by atoms with van der Waals surface area (Å²) in [5.41, 5.74) is 11.2. The van der Waals surface area contributed by atoms with E-state index < -0.39 is 0 Å². The molecule has 0 saturated heterocycles. The molecule has 3 heterocycles. The fraction of sp³-hybridized carbons (Fsp3) is 0. The largest absolute Gasteiger partial charge is 0.454 e. The molecule has 0 fully saturated rings. The molecule has 15 aromatic rings. The lowest BCUT2D eigenvalue weighted by Gasteiger charge is -2.16. The molecule has 3 aromatic heterocycles. The number of benzene rings is 12. The van der Waals surface area contributed by atoms with Crippen LogP contribution < -0.4 is 0 Å². The molecule has 15 rings (SSSR count). The van der Waals surface area contributed by atoms with Gasteiger partial charge in [-0.15, -0.1) is 0 Å². The van der Waals surface area contributed by atoms with Gasteiger partial charge >= 0.3 is 0 Å². The molecule has 0 radical (unpaired) electrons. The monoisotopic (exact) mass is 918 g/mol. The van der Waals surface area contributed by atoms with E-state index in [1.807, 2.05) is 42.5 Å². The predicted molar refractivity (Wildman–Crippen MR) is 295 cm³/mol. The van der Waals surface area contributed by atoms with Crippen molar-refractivity contribution >= 4 is 86.9 Å². The van der Waals surface area contributed by atoms with Crippen molar-refractivity contribution in [1.29, 1.82) is 0 Å². The van der Waals surface area contributed by atoms with Crippen LogP contribution in [0.25, 0.3) is 155 Å². The number of furan rings is 1. The second kappa shape index (κ2) is 15.9. The number of nitrogens with zero attached hydrogens (tertiary/aromatic N) is 4. The van der Waals surface area contributed by atoms with E-state index in [0.29, 0.717) is 34.5 Å².